The monoisotopic (exact) mass is 850 g/mol. The highest BCUT2D eigenvalue weighted by atomic mass is 32.1. The van der Waals surface area contributed by atoms with Gasteiger partial charge in [-0.15, -0.1) is 11.3 Å². The topological polar surface area (TPSA) is 28.4 Å². The molecule has 0 saturated carbocycles. The van der Waals surface area contributed by atoms with E-state index in [4.69, 9.17) is 0 Å². The van der Waals surface area contributed by atoms with Crippen molar-refractivity contribution in [3.05, 3.63) is 242 Å². The second-order valence-electron chi connectivity index (χ2n) is 16.6. The van der Waals surface area contributed by atoms with Crippen LogP contribution in [0.3, 0.4) is 0 Å². The van der Waals surface area contributed by atoms with E-state index in [0.29, 0.717) is 0 Å². The van der Waals surface area contributed by atoms with Crippen molar-refractivity contribution in [3.8, 4) is 50.2 Å². The molecule has 65 heavy (non-hydrogen) atoms. The fourth-order valence-electron chi connectivity index (χ4n) is 9.51. The SMILES string of the molecule is OCc1ccc(-n2c3ccccc3c3cc(-c4ccc(N(c5ccc(-c6cccc(-c7ccccc7)c6)cc5)c5ccc(-c6cccc7c6sc6ccccc67)cc5)cc4)ccc32)cc1. The molecule has 2 heterocycles. The predicted octanol–water partition coefficient (Wildman–Crippen LogP) is 16.8. The average Bonchev–Trinajstić information content (AvgIpc) is 3.93. The number of aliphatic hydroxyl groups excluding tert-OH is 1. The molecule has 12 rings (SSSR count). The summed E-state index contributed by atoms with van der Waals surface area (Å²) in [5.41, 5.74) is 17.1. The number of nitrogens with zero attached hydrogens (tertiary/aromatic N) is 2. The Morgan fingerprint density at radius 3 is 1.55 bits per heavy atom. The summed E-state index contributed by atoms with van der Waals surface area (Å²) in [5.74, 6) is 0. The molecular weight excluding hydrogens is 809 g/mol. The van der Waals surface area contributed by atoms with Gasteiger partial charge < -0.3 is 14.6 Å². The van der Waals surface area contributed by atoms with Crippen LogP contribution in [0.15, 0.2) is 237 Å². The Morgan fingerprint density at radius 2 is 0.877 bits per heavy atom. The third-order valence-corrected chi connectivity index (χ3v) is 14.0. The molecule has 3 nitrogen and oxygen atoms in total. The zero-order chi connectivity index (χ0) is 43.3. The summed E-state index contributed by atoms with van der Waals surface area (Å²) in [6.45, 7) is 0.0292. The van der Waals surface area contributed by atoms with Gasteiger partial charge >= 0.3 is 0 Å². The van der Waals surface area contributed by atoms with Crippen LogP contribution in [0, 0.1) is 0 Å². The van der Waals surface area contributed by atoms with E-state index in [1.165, 1.54) is 64.3 Å². The van der Waals surface area contributed by atoms with Crippen molar-refractivity contribution in [2.24, 2.45) is 0 Å². The summed E-state index contributed by atoms with van der Waals surface area (Å²) in [6.07, 6.45) is 0. The minimum absolute atomic E-state index is 0.0292. The Labute approximate surface area is 382 Å². The van der Waals surface area contributed by atoms with E-state index in [1.807, 2.05) is 23.5 Å². The summed E-state index contributed by atoms with van der Waals surface area (Å²) in [7, 11) is 0. The normalized spacial score (nSPS) is 11.5. The molecule has 0 atom stereocenters. The van der Waals surface area contributed by atoms with Crippen LogP contribution in [0.4, 0.5) is 17.1 Å². The molecule has 0 aliphatic rings. The van der Waals surface area contributed by atoms with Crippen LogP contribution in [0.2, 0.25) is 0 Å². The number of aliphatic hydroxyl groups is 1. The molecule has 308 valence electrons. The third-order valence-electron chi connectivity index (χ3n) is 12.8. The number of anilines is 3. The zero-order valence-electron chi connectivity index (χ0n) is 35.5. The Kier molecular flexibility index (Phi) is 9.67. The van der Waals surface area contributed by atoms with Gasteiger partial charge in [0.1, 0.15) is 0 Å². The molecule has 10 aromatic carbocycles. The van der Waals surface area contributed by atoms with Gasteiger partial charge in [-0.2, -0.15) is 0 Å². The van der Waals surface area contributed by atoms with Crippen molar-refractivity contribution in [2.75, 3.05) is 4.90 Å². The quantitative estimate of drug-likeness (QED) is 0.157. The highest BCUT2D eigenvalue weighted by Crippen LogP contribution is 2.43. The van der Waals surface area contributed by atoms with Crippen molar-refractivity contribution >= 4 is 70.4 Å². The summed E-state index contributed by atoms with van der Waals surface area (Å²) in [6, 6.07) is 85.3. The molecule has 0 unspecified atom stereocenters. The maximum absolute atomic E-state index is 9.68. The van der Waals surface area contributed by atoms with Crippen molar-refractivity contribution < 1.29 is 5.11 Å². The maximum Gasteiger partial charge on any atom is 0.0681 e. The minimum Gasteiger partial charge on any atom is -0.392 e. The van der Waals surface area contributed by atoms with E-state index in [-0.39, 0.29) is 6.61 Å². The largest absolute Gasteiger partial charge is 0.392 e. The molecule has 0 saturated heterocycles. The molecule has 2 aromatic heterocycles. The second kappa shape index (κ2) is 16.3. The smallest absolute Gasteiger partial charge is 0.0681 e. The van der Waals surface area contributed by atoms with Crippen molar-refractivity contribution in [1.29, 1.82) is 0 Å². The number of para-hydroxylation sites is 1. The molecule has 0 radical (unpaired) electrons. The van der Waals surface area contributed by atoms with Gasteiger partial charge in [0.2, 0.25) is 0 Å². The van der Waals surface area contributed by atoms with Crippen LogP contribution in [-0.2, 0) is 6.61 Å². The Balaban J connectivity index is 0.921. The first kappa shape index (κ1) is 38.6. The van der Waals surface area contributed by atoms with Crippen molar-refractivity contribution in [2.45, 2.75) is 6.61 Å². The number of hydrogen-bond donors (Lipinski definition) is 1. The number of hydrogen-bond acceptors (Lipinski definition) is 3. The van der Waals surface area contributed by atoms with E-state index in [0.717, 1.165) is 50.5 Å². The average molecular weight is 851 g/mol. The molecule has 0 aliphatic heterocycles. The molecular formula is C61H42N2OS. The third kappa shape index (κ3) is 6.97. The Bertz CT molecular complexity index is 3660. The minimum atomic E-state index is 0.0292. The van der Waals surface area contributed by atoms with Gasteiger partial charge in [-0.1, -0.05) is 158 Å². The lowest BCUT2D eigenvalue weighted by Crippen LogP contribution is -2.09. The van der Waals surface area contributed by atoms with Gasteiger partial charge in [0.05, 0.1) is 17.6 Å². The van der Waals surface area contributed by atoms with Gasteiger partial charge in [0.15, 0.2) is 0 Å². The number of fused-ring (bicyclic) bond motifs is 6. The standard InChI is InChI=1S/C61H42N2OS/c64-40-41-20-29-52(30-21-41)63-58-18-6-4-14-54(58)57-39-48(28-37-59(57)63)44-24-33-50(34-25-44)62(49-31-22-43(23-32-49)47-13-8-12-46(38-47)42-10-2-1-3-11-42)51-35-26-45(27-36-51)53-16-9-17-56-55-15-5-7-19-60(55)65-61(53)56/h1-39,64H,40H2. The van der Waals surface area contributed by atoms with Gasteiger partial charge in [-0.25, -0.2) is 0 Å². The number of rotatable bonds is 9. The van der Waals surface area contributed by atoms with Crippen molar-refractivity contribution in [3.63, 3.8) is 0 Å². The molecule has 0 bridgehead atoms. The van der Waals surface area contributed by atoms with Crippen LogP contribution in [0.25, 0.3) is 92.2 Å². The summed E-state index contributed by atoms with van der Waals surface area (Å²) >= 11 is 1.87. The first-order chi connectivity index (χ1) is 32.2. The van der Waals surface area contributed by atoms with E-state index >= 15 is 0 Å². The fourth-order valence-corrected chi connectivity index (χ4v) is 10.7. The molecule has 4 heteroatoms. The summed E-state index contributed by atoms with van der Waals surface area (Å²) in [5, 5.41) is 14.7. The highest BCUT2D eigenvalue weighted by molar-refractivity contribution is 7.26. The van der Waals surface area contributed by atoms with Crippen LogP contribution >= 0.6 is 11.3 Å². The Hall–Kier alpha value is -8.02. The lowest BCUT2D eigenvalue weighted by atomic mass is 9.98. The lowest BCUT2D eigenvalue weighted by Gasteiger charge is -2.26. The van der Waals surface area contributed by atoms with Gasteiger partial charge in [-0.3, -0.25) is 0 Å². The first-order valence-corrected chi connectivity index (χ1v) is 22.9. The number of thiophene rings is 1. The second-order valence-corrected chi connectivity index (χ2v) is 17.7. The maximum atomic E-state index is 9.68. The highest BCUT2D eigenvalue weighted by Gasteiger charge is 2.17. The Morgan fingerprint density at radius 1 is 0.369 bits per heavy atom. The van der Waals surface area contributed by atoms with Gasteiger partial charge in [0.25, 0.3) is 0 Å². The predicted molar refractivity (Wildman–Crippen MR) is 276 cm³/mol. The van der Waals surface area contributed by atoms with E-state index in [9.17, 15) is 5.11 Å². The molecule has 1 N–H and O–H groups in total. The summed E-state index contributed by atoms with van der Waals surface area (Å²) in [4.78, 5) is 2.36. The lowest BCUT2D eigenvalue weighted by molar-refractivity contribution is 0.282. The molecule has 0 amide bonds. The first-order valence-electron chi connectivity index (χ1n) is 22.1. The van der Waals surface area contributed by atoms with Crippen LogP contribution < -0.4 is 4.90 Å². The van der Waals surface area contributed by atoms with Crippen LogP contribution in [-0.4, -0.2) is 9.67 Å². The zero-order valence-corrected chi connectivity index (χ0v) is 36.3. The molecule has 0 aliphatic carbocycles. The van der Waals surface area contributed by atoms with Crippen LogP contribution in [0.5, 0.6) is 0 Å². The van der Waals surface area contributed by atoms with E-state index < -0.39 is 0 Å². The molecule has 12 aromatic rings. The van der Waals surface area contributed by atoms with Gasteiger partial charge in [0, 0.05) is 53.7 Å². The van der Waals surface area contributed by atoms with E-state index in [1.54, 1.807) is 0 Å². The number of benzene rings is 10. The molecule has 0 spiro atoms. The summed E-state index contributed by atoms with van der Waals surface area (Å²) < 4.78 is 4.95. The van der Waals surface area contributed by atoms with Crippen molar-refractivity contribution in [1.82, 2.24) is 4.57 Å². The fraction of sp³-hybridized carbons (Fsp3) is 0.0164. The number of aromatic nitrogens is 1. The van der Waals surface area contributed by atoms with Crippen LogP contribution in [0.1, 0.15) is 5.56 Å². The van der Waals surface area contributed by atoms with Gasteiger partial charge in [-0.05, 0) is 129 Å². The van der Waals surface area contributed by atoms with E-state index in [2.05, 4.69) is 234 Å². The molecule has 0 fully saturated rings.